The van der Waals surface area contributed by atoms with Crippen LogP contribution in [0.2, 0.25) is 0 Å². The first-order chi connectivity index (χ1) is 12.1. The third-order valence-electron chi connectivity index (χ3n) is 4.98. The normalized spacial score (nSPS) is 18.0. The van der Waals surface area contributed by atoms with Gasteiger partial charge >= 0.3 is 0 Å². The van der Waals surface area contributed by atoms with Crippen molar-refractivity contribution < 1.29 is 14.3 Å². The lowest BCUT2D eigenvalue weighted by Gasteiger charge is -2.31. The Morgan fingerprint density at radius 3 is 2.60 bits per heavy atom. The van der Waals surface area contributed by atoms with Crippen LogP contribution in [0.25, 0.3) is 0 Å². The SMILES string of the molecule is Cc1cccc(OCCCNC(=O)C2CCN(C(=O)C3CC3)CC2)c1. The van der Waals surface area contributed by atoms with Crippen LogP contribution in [0.1, 0.15) is 37.7 Å². The van der Waals surface area contributed by atoms with E-state index in [0.717, 1.165) is 50.9 Å². The Morgan fingerprint density at radius 1 is 1.16 bits per heavy atom. The molecule has 5 heteroatoms. The van der Waals surface area contributed by atoms with Crippen molar-refractivity contribution in [2.75, 3.05) is 26.2 Å². The van der Waals surface area contributed by atoms with Crippen LogP contribution in [0, 0.1) is 18.8 Å². The zero-order valence-electron chi connectivity index (χ0n) is 15.0. The maximum Gasteiger partial charge on any atom is 0.225 e. The number of likely N-dealkylation sites (tertiary alicyclic amines) is 1. The van der Waals surface area contributed by atoms with E-state index in [0.29, 0.717) is 19.1 Å². The number of aryl methyl sites for hydroxylation is 1. The Labute approximate surface area is 149 Å². The van der Waals surface area contributed by atoms with Gasteiger partial charge in [-0.15, -0.1) is 0 Å². The van der Waals surface area contributed by atoms with Gasteiger partial charge in [-0.1, -0.05) is 12.1 Å². The maximum atomic E-state index is 12.2. The molecular formula is C20H28N2O3. The lowest BCUT2D eigenvalue weighted by molar-refractivity contribution is -0.136. The second-order valence-corrected chi connectivity index (χ2v) is 7.18. The highest BCUT2D eigenvalue weighted by Gasteiger charge is 2.35. The fourth-order valence-electron chi connectivity index (χ4n) is 3.27. The highest BCUT2D eigenvalue weighted by Crippen LogP contribution is 2.32. The van der Waals surface area contributed by atoms with Gasteiger partial charge in [0.2, 0.25) is 11.8 Å². The van der Waals surface area contributed by atoms with E-state index in [1.165, 1.54) is 5.56 Å². The van der Waals surface area contributed by atoms with Crippen LogP contribution in [0.4, 0.5) is 0 Å². The quantitative estimate of drug-likeness (QED) is 0.773. The number of rotatable bonds is 7. The Kier molecular flexibility index (Phi) is 5.95. The van der Waals surface area contributed by atoms with E-state index in [1.54, 1.807) is 0 Å². The summed E-state index contributed by atoms with van der Waals surface area (Å²) in [4.78, 5) is 26.2. The average molecular weight is 344 g/mol. The van der Waals surface area contributed by atoms with E-state index in [2.05, 4.69) is 5.32 Å². The smallest absolute Gasteiger partial charge is 0.225 e. The van der Waals surface area contributed by atoms with E-state index in [1.807, 2.05) is 36.1 Å². The lowest BCUT2D eigenvalue weighted by Crippen LogP contribution is -2.43. The number of hydrogen-bond donors (Lipinski definition) is 1. The predicted octanol–water partition coefficient (Wildman–Crippen LogP) is 2.53. The van der Waals surface area contributed by atoms with E-state index in [4.69, 9.17) is 4.74 Å². The first-order valence-electron chi connectivity index (χ1n) is 9.39. The zero-order valence-corrected chi connectivity index (χ0v) is 15.0. The van der Waals surface area contributed by atoms with Crippen LogP contribution in [0.3, 0.4) is 0 Å². The highest BCUT2D eigenvalue weighted by atomic mass is 16.5. The molecule has 0 unspecified atom stereocenters. The van der Waals surface area contributed by atoms with Gasteiger partial charge in [0.25, 0.3) is 0 Å². The van der Waals surface area contributed by atoms with Crippen molar-refractivity contribution in [3.05, 3.63) is 29.8 Å². The number of nitrogens with zero attached hydrogens (tertiary/aromatic N) is 1. The molecule has 0 radical (unpaired) electrons. The van der Waals surface area contributed by atoms with Crippen LogP contribution in [0.5, 0.6) is 5.75 Å². The van der Waals surface area contributed by atoms with Gasteiger partial charge in [-0.2, -0.15) is 0 Å². The molecule has 2 amide bonds. The molecule has 1 saturated carbocycles. The second kappa shape index (κ2) is 8.37. The summed E-state index contributed by atoms with van der Waals surface area (Å²) in [5.41, 5.74) is 1.18. The van der Waals surface area contributed by atoms with Crippen LogP contribution in [-0.4, -0.2) is 43.0 Å². The van der Waals surface area contributed by atoms with Crippen LogP contribution in [-0.2, 0) is 9.59 Å². The summed E-state index contributed by atoms with van der Waals surface area (Å²) in [6, 6.07) is 7.97. The third kappa shape index (κ3) is 5.21. The molecule has 25 heavy (non-hydrogen) atoms. The minimum absolute atomic E-state index is 0.0425. The molecule has 1 aromatic rings. The molecule has 5 nitrogen and oxygen atoms in total. The van der Waals surface area contributed by atoms with Crippen LogP contribution in [0.15, 0.2) is 24.3 Å². The van der Waals surface area contributed by atoms with Crippen molar-refractivity contribution in [3.8, 4) is 5.75 Å². The number of ether oxygens (including phenoxy) is 1. The van der Waals surface area contributed by atoms with Gasteiger partial charge in [0, 0.05) is 31.5 Å². The van der Waals surface area contributed by atoms with Gasteiger partial charge in [0.1, 0.15) is 5.75 Å². The van der Waals surface area contributed by atoms with Crippen molar-refractivity contribution in [1.82, 2.24) is 10.2 Å². The lowest BCUT2D eigenvalue weighted by atomic mass is 9.95. The fourth-order valence-corrected chi connectivity index (χ4v) is 3.27. The minimum atomic E-state index is 0.0425. The number of amides is 2. The van der Waals surface area contributed by atoms with Gasteiger partial charge < -0.3 is 15.0 Å². The molecule has 0 aromatic heterocycles. The largest absolute Gasteiger partial charge is 0.494 e. The van der Waals surface area contributed by atoms with E-state index >= 15 is 0 Å². The molecule has 1 saturated heterocycles. The first-order valence-corrected chi connectivity index (χ1v) is 9.39. The maximum absolute atomic E-state index is 12.2. The molecule has 2 fully saturated rings. The predicted molar refractivity (Wildman–Crippen MR) is 96.3 cm³/mol. The molecule has 3 rings (SSSR count). The van der Waals surface area contributed by atoms with Gasteiger partial charge in [0.05, 0.1) is 6.61 Å². The molecule has 1 aliphatic heterocycles. The van der Waals surface area contributed by atoms with Gasteiger partial charge in [-0.05, 0) is 56.7 Å². The van der Waals surface area contributed by atoms with Gasteiger partial charge in [0.15, 0.2) is 0 Å². The molecule has 2 aliphatic rings. The molecule has 136 valence electrons. The fraction of sp³-hybridized carbons (Fsp3) is 0.600. The Bertz CT molecular complexity index is 605. The van der Waals surface area contributed by atoms with Gasteiger partial charge in [-0.25, -0.2) is 0 Å². The number of nitrogens with one attached hydrogen (secondary N) is 1. The molecule has 0 bridgehead atoms. The number of hydrogen-bond acceptors (Lipinski definition) is 3. The summed E-state index contributed by atoms with van der Waals surface area (Å²) in [6.45, 7) is 4.72. The zero-order chi connectivity index (χ0) is 17.6. The van der Waals surface area contributed by atoms with Crippen molar-refractivity contribution in [2.45, 2.75) is 39.0 Å². The van der Waals surface area contributed by atoms with Crippen molar-refractivity contribution >= 4 is 11.8 Å². The van der Waals surface area contributed by atoms with Crippen molar-refractivity contribution in [1.29, 1.82) is 0 Å². The molecule has 0 spiro atoms. The van der Waals surface area contributed by atoms with Crippen LogP contribution < -0.4 is 10.1 Å². The van der Waals surface area contributed by atoms with Gasteiger partial charge in [-0.3, -0.25) is 9.59 Å². The second-order valence-electron chi connectivity index (χ2n) is 7.18. The molecule has 1 aliphatic carbocycles. The number of benzene rings is 1. The number of carbonyl (C=O) groups excluding carboxylic acids is 2. The standard InChI is InChI=1S/C20H28N2O3/c1-15-4-2-5-18(14-15)25-13-3-10-21-19(23)16-8-11-22(12-9-16)20(24)17-6-7-17/h2,4-5,14,16-17H,3,6-13H2,1H3,(H,21,23). The number of carbonyl (C=O) groups is 2. The van der Waals surface area contributed by atoms with E-state index in [9.17, 15) is 9.59 Å². The summed E-state index contributed by atoms with van der Waals surface area (Å²) in [6.07, 6.45) is 4.45. The Balaban J connectivity index is 1.28. The summed E-state index contributed by atoms with van der Waals surface area (Å²) < 4.78 is 5.69. The third-order valence-corrected chi connectivity index (χ3v) is 4.98. The summed E-state index contributed by atoms with van der Waals surface area (Å²) in [7, 11) is 0. The van der Waals surface area contributed by atoms with Crippen molar-refractivity contribution in [3.63, 3.8) is 0 Å². The summed E-state index contributed by atoms with van der Waals surface area (Å²) >= 11 is 0. The Morgan fingerprint density at radius 2 is 1.92 bits per heavy atom. The van der Waals surface area contributed by atoms with E-state index < -0.39 is 0 Å². The summed E-state index contributed by atoms with van der Waals surface area (Å²) in [5, 5.41) is 3.01. The molecule has 0 atom stereocenters. The number of piperidine rings is 1. The highest BCUT2D eigenvalue weighted by molar-refractivity contribution is 5.82. The molecule has 1 aromatic carbocycles. The molecular weight excluding hydrogens is 316 g/mol. The van der Waals surface area contributed by atoms with E-state index in [-0.39, 0.29) is 17.7 Å². The average Bonchev–Trinajstić information content (AvgIpc) is 3.46. The molecule has 1 N–H and O–H groups in total. The topological polar surface area (TPSA) is 58.6 Å². The molecule has 1 heterocycles. The first kappa shape index (κ1) is 17.8. The Hall–Kier alpha value is -2.04. The van der Waals surface area contributed by atoms with Crippen molar-refractivity contribution in [2.24, 2.45) is 11.8 Å². The summed E-state index contributed by atoms with van der Waals surface area (Å²) in [5.74, 6) is 1.61. The monoisotopic (exact) mass is 344 g/mol. The van der Waals surface area contributed by atoms with Crippen LogP contribution >= 0.6 is 0 Å². The minimum Gasteiger partial charge on any atom is -0.494 e.